The number of nitrogens with two attached hydrogens (primary N) is 1. The maximum Gasteiger partial charge on any atom is 0.135 e. The summed E-state index contributed by atoms with van der Waals surface area (Å²) in [6.07, 6.45) is 1.58. The van der Waals surface area contributed by atoms with Crippen molar-refractivity contribution in [2.75, 3.05) is 17.7 Å². The highest BCUT2D eigenvalue weighted by Crippen LogP contribution is 2.18. The molecule has 1 heterocycles. The lowest BCUT2D eigenvalue weighted by Crippen LogP contribution is -2.24. The second kappa shape index (κ2) is 5.65. The minimum Gasteiger partial charge on any atom is -0.394 e. The van der Waals surface area contributed by atoms with Crippen LogP contribution in [0.5, 0.6) is 0 Å². The number of hydrogen-bond acceptors (Lipinski definition) is 5. The average Bonchev–Trinajstić information content (AvgIpc) is 2.30. The fraction of sp³-hybridized carbons (Fsp3) is 0.636. The SMILES string of the molecule is CCc1nc(N)c(C)c(NC(CC)CO)n1. The van der Waals surface area contributed by atoms with Gasteiger partial charge in [0.2, 0.25) is 0 Å². The number of nitrogen functional groups attached to an aromatic ring is 1. The van der Waals surface area contributed by atoms with Crippen LogP contribution in [0.3, 0.4) is 0 Å². The van der Waals surface area contributed by atoms with Crippen LogP contribution in [0.25, 0.3) is 0 Å². The van der Waals surface area contributed by atoms with E-state index in [0.29, 0.717) is 5.82 Å². The molecular formula is C11H20N4O. The maximum absolute atomic E-state index is 9.14. The van der Waals surface area contributed by atoms with E-state index < -0.39 is 0 Å². The normalized spacial score (nSPS) is 12.5. The molecule has 0 saturated carbocycles. The van der Waals surface area contributed by atoms with Gasteiger partial charge in [0.25, 0.3) is 0 Å². The van der Waals surface area contributed by atoms with Gasteiger partial charge in [-0.1, -0.05) is 13.8 Å². The molecule has 90 valence electrons. The number of aryl methyl sites for hydroxylation is 1. The van der Waals surface area contributed by atoms with Crippen molar-refractivity contribution < 1.29 is 5.11 Å². The van der Waals surface area contributed by atoms with Gasteiger partial charge < -0.3 is 16.2 Å². The standard InChI is InChI=1S/C11H20N4O/c1-4-8(6-16)13-11-7(3)10(12)14-9(5-2)15-11/h8,16H,4-6H2,1-3H3,(H3,12,13,14,15). The lowest BCUT2D eigenvalue weighted by molar-refractivity contribution is 0.271. The Morgan fingerprint density at radius 1 is 1.38 bits per heavy atom. The Balaban J connectivity index is 2.97. The molecular weight excluding hydrogens is 204 g/mol. The van der Waals surface area contributed by atoms with Crippen molar-refractivity contribution in [3.05, 3.63) is 11.4 Å². The number of anilines is 2. The van der Waals surface area contributed by atoms with Gasteiger partial charge in [0.1, 0.15) is 17.5 Å². The van der Waals surface area contributed by atoms with Gasteiger partial charge in [-0.2, -0.15) is 0 Å². The number of hydrogen-bond donors (Lipinski definition) is 3. The number of aromatic nitrogens is 2. The predicted molar refractivity (Wildman–Crippen MR) is 65.3 cm³/mol. The predicted octanol–water partition coefficient (Wildman–Crippen LogP) is 1.11. The fourth-order valence-electron chi connectivity index (χ4n) is 1.35. The van der Waals surface area contributed by atoms with Gasteiger partial charge in [0, 0.05) is 12.0 Å². The first-order valence-electron chi connectivity index (χ1n) is 5.62. The summed E-state index contributed by atoms with van der Waals surface area (Å²) in [7, 11) is 0. The van der Waals surface area contributed by atoms with Crippen LogP contribution in [-0.2, 0) is 6.42 Å². The summed E-state index contributed by atoms with van der Waals surface area (Å²) < 4.78 is 0. The zero-order valence-electron chi connectivity index (χ0n) is 10.1. The molecule has 0 aliphatic carbocycles. The van der Waals surface area contributed by atoms with Crippen LogP contribution in [0.4, 0.5) is 11.6 Å². The minimum atomic E-state index is 0.0118. The Bertz CT molecular complexity index is 350. The third-order valence-corrected chi connectivity index (χ3v) is 2.60. The Morgan fingerprint density at radius 3 is 2.56 bits per heavy atom. The molecule has 0 saturated heterocycles. The Hall–Kier alpha value is -1.36. The molecule has 1 aromatic rings. The van der Waals surface area contributed by atoms with Gasteiger partial charge in [0.15, 0.2) is 0 Å². The van der Waals surface area contributed by atoms with Gasteiger partial charge in [0.05, 0.1) is 12.6 Å². The number of nitrogens with one attached hydrogen (secondary N) is 1. The lowest BCUT2D eigenvalue weighted by atomic mass is 10.2. The zero-order valence-corrected chi connectivity index (χ0v) is 10.1. The summed E-state index contributed by atoms with van der Waals surface area (Å²) in [5, 5.41) is 12.3. The molecule has 4 N–H and O–H groups in total. The van der Waals surface area contributed by atoms with E-state index >= 15 is 0 Å². The number of nitrogens with zero attached hydrogens (tertiary/aromatic N) is 2. The zero-order chi connectivity index (χ0) is 12.1. The van der Waals surface area contributed by atoms with Crippen molar-refractivity contribution in [1.82, 2.24) is 9.97 Å². The van der Waals surface area contributed by atoms with Crippen LogP contribution >= 0.6 is 0 Å². The molecule has 0 aliphatic rings. The summed E-state index contributed by atoms with van der Waals surface area (Å²) in [6, 6.07) is 0.0118. The van der Waals surface area contributed by atoms with E-state index in [0.717, 1.165) is 30.0 Å². The number of aliphatic hydroxyl groups excluding tert-OH is 1. The minimum absolute atomic E-state index is 0.0118. The van der Waals surface area contributed by atoms with Crippen molar-refractivity contribution in [3.63, 3.8) is 0 Å². The summed E-state index contributed by atoms with van der Waals surface area (Å²) in [5.74, 6) is 1.95. The molecule has 0 amide bonds. The summed E-state index contributed by atoms with van der Waals surface area (Å²) in [4.78, 5) is 8.55. The smallest absolute Gasteiger partial charge is 0.135 e. The van der Waals surface area contributed by atoms with Gasteiger partial charge in [-0.15, -0.1) is 0 Å². The summed E-state index contributed by atoms with van der Waals surface area (Å²) >= 11 is 0. The van der Waals surface area contributed by atoms with E-state index in [4.69, 9.17) is 10.8 Å². The van der Waals surface area contributed by atoms with Gasteiger partial charge in [-0.3, -0.25) is 0 Å². The van der Waals surface area contributed by atoms with Crippen LogP contribution in [0.2, 0.25) is 0 Å². The van der Waals surface area contributed by atoms with E-state index in [1.165, 1.54) is 0 Å². The maximum atomic E-state index is 9.14. The molecule has 1 atom stereocenters. The van der Waals surface area contributed by atoms with Crippen molar-refractivity contribution in [1.29, 1.82) is 0 Å². The fourth-order valence-corrected chi connectivity index (χ4v) is 1.35. The lowest BCUT2D eigenvalue weighted by Gasteiger charge is -2.17. The van der Waals surface area contributed by atoms with Crippen LogP contribution in [-0.4, -0.2) is 27.7 Å². The van der Waals surface area contributed by atoms with E-state index in [2.05, 4.69) is 15.3 Å². The first kappa shape index (κ1) is 12.7. The van der Waals surface area contributed by atoms with Crippen molar-refractivity contribution in [3.8, 4) is 0 Å². The van der Waals surface area contributed by atoms with Crippen molar-refractivity contribution in [2.24, 2.45) is 0 Å². The first-order valence-corrected chi connectivity index (χ1v) is 5.62. The number of rotatable bonds is 5. The molecule has 1 rings (SSSR count). The van der Waals surface area contributed by atoms with Gasteiger partial charge in [-0.05, 0) is 13.3 Å². The molecule has 1 aromatic heterocycles. The highest BCUT2D eigenvalue weighted by Gasteiger charge is 2.11. The molecule has 0 spiro atoms. The van der Waals surface area contributed by atoms with Crippen LogP contribution in [0.15, 0.2) is 0 Å². The molecule has 0 radical (unpaired) electrons. The molecule has 0 aliphatic heterocycles. The second-order valence-electron chi connectivity index (χ2n) is 3.78. The third-order valence-electron chi connectivity index (χ3n) is 2.60. The van der Waals surface area contributed by atoms with Crippen LogP contribution < -0.4 is 11.1 Å². The molecule has 0 bridgehead atoms. The van der Waals surface area contributed by atoms with Crippen molar-refractivity contribution >= 4 is 11.6 Å². The van der Waals surface area contributed by atoms with E-state index in [9.17, 15) is 0 Å². The second-order valence-corrected chi connectivity index (χ2v) is 3.78. The molecule has 0 aromatic carbocycles. The molecule has 5 heteroatoms. The van der Waals surface area contributed by atoms with Gasteiger partial charge >= 0.3 is 0 Å². The van der Waals surface area contributed by atoms with Crippen LogP contribution in [0.1, 0.15) is 31.7 Å². The molecule has 1 unspecified atom stereocenters. The Morgan fingerprint density at radius 2 is 2.06 bits per heavy atom. The topological polar surface area (TPSA) is 84.1 Å². The number of aliphatic hydroxyl groups is 1. The Labute approximate surface area is 96.1 Å². The van der Waals surface area contributed by atoms with E-state index in [1.807, 2.05) is 20.8 Å². The Kier molecular flexibility index (Phi) is 4.49. The monoisotopic (exact) mass is 224 g/mol. The highest BCUT2D eigenvalue weighted by atomic mass is 16.3. The summed E-state index contributed by atoms with van der Waals surface area (Å²) in [5.41, 5.74) is 6.64. The van der Waals surface area contributed by atoms with Gasteiger partial charge in [-0.25, -0.2) is 9.97 Å². The first-order chi connectivity index (χ1) is 7.62. The summed E-state index contributed by atoms with van der Waals surface area (Å²) in [6.45, 7) is 5.95. The molecule has 16 heavy (non-hydrogen) atoms. The van der Waals surface area contributed by atoms with Crippen molar-refractivity contribution in [2.45, 2.75) is 39.7 Å². The quantitative estimate of drug-likeness (QED) is 0.697. The van der Waals surface area contributed by atoms with Crippen LogP contribution in [0, 0.1) is 6.92 Å². The molecule has 0 fully saturated rings. The van der Waals surface area contributed by atoms with E-state index in [1.54, 1.807) is 0 Å². The highest BCUT2D eigenvalue weighted by molar-refractivity contribution is 5.55. The average molecular weight is 224 g/mol. The third kappa shape index (κ3) is 2.82. The largest absolute Gasteiger partial charge is 0.394 e. The van der Waals surface area contributed by atoms with E-state index in [-0.39, 0.29) is 12.6 Å². The molecule has 5 nitrogen and oxygen atoms in total.